The Kier molecular flexibility index (Phi) is 5.74. The molecule has 122 valence electrons. The van der Waals surface area contributed by atoms with E-state index in [-0.39, 0.29) is 29.9 Å². The summed E-state index contributed by atoms with van der Waals surface area (Å²) in [5.74, 6) is -0.102. The van der Waals surface area contributed by atoms with Crippen LogP contribution in [0.1, 0.15) is 25.0 Å². The SMILES string of the molecule is Cc1cccc(=O)n1CCC(=O)NCC1(CO)CCOCC1. The maximum Gasteiger partial charge on any atom is 0.250 e. The third-order valence-corrected chi connectivity index (χ3v) is 4.38. The fraction of sp³-hybridized carbons (Fsp3) is 0.625. The first-order chi connectivity index (χ1) is 10.6. The highest BCUT2D eigenvalue weighted by Gasteiger charge is 2.32. The van der Waals surface area contributed by atoms with Crippen molar-refractivity contribution >= 4 is 5.91 Å². The first kappa shape index (κ1) is 16.7. The van der Waals surface area contributed by atoms with E-state index in [0.29, 0.717) is 26.3 Å². The molecule has 1 aliphatic heterocycles. The number of hydrogen-bond acceptors (Lipinski definition) is 4. The average Bonchev–Trinajstić information content (AvgIpc) is 2.53. The Morgan fingerprint density at radius 2 is 2.14 bits per heavy atom. The molecule has 1 aliphatic rings. The quantitative estimate of drug-likeness (QED) is 0.800. The summed E-state index contributed by atoms with van der Waals surface area (Å²) in [6.07, 6.45) is 1.75. The van der Waals surface area contributed by atoms with Crippen LogP contribution in [0.2, 0.25) is 0 Å². The Hall–Kier alpha value is -1.66. The van der Waals surface area contributed by atoms with Crippen molar-refractivity contribution < 1.29 is 14.6 Å². The average molecular weight is 308 g/mol. The zero-order valence-electron chi connectivity index (χ0n) is 13.0. The van der Waals surface area contributed by atoms with E-state index in [9.17, 15) is 14.7 Å². The van der Waals surface area contributed by atoms with Gasteiger partial charge in [-0.3, -0.25) is 9.59 Å². The molecule has 0 unspecified atom stereocenters. The molecule has 2 N–H and O–H groups in total. The molecule has 0 atom stereocenters. The van der Waals surface area contributed by atoms with Gasteiger partial charge in [0.05, 0.1) is 6.61 Å². The number of ether oxygens (including phenoxy) is 1. The number of aliphatic hydroxyl groups excluding tert-OH is 1. The highest BCUT2D eigenvalue weighted by molar-refractivity contribution is 5.75. The molecular formula is C16H24N2O4. The minimum Gasteiger partial charge on any atom is -0.396 e. The predicted molar refractivity (Wildman–Crippen MR) is 82.6 cm³/mol. The normalized spacial score (nSPS) is 17.2. The molecule has 0 saturated carbocycles. The van der Waals surface area contributed by atoms with Gasteiger partial charge in [-0.15, -0.1) is 0 Å². The number of carbonyl (C=O) groups excluding carboxylic acids is 1. The molecule has 0 bridgehead atoms. The van der Waals surface area contributed by atoms with Gasteiger partial charge in [0.2, 0.25) is 5.91 Å². The molecule has 6 nitrogen and oxygen atoms in total. The van der Waals surface area contributed by atoms with Gasteiger partial charge in [-0.2, -0.15) is 0 Å². The van der Waals surface area contributed by atoms with Crippen molar-refractivity contribution in [2.24, 2.45) is 5.41 Å². The number of carbonyl (C=O) groups is 1. The minimum atomic E-state index is -0.270. The summed E-state index contributed by atoms with van der Waals surface area (Å²) in [4.78, 5) is 23.7. The van der Waals surface area contributed by atoms with Gasteiger partial charge in [-0.25, -0.2) is 0 Å². The zero-order chi connectivity index (χ0) is 16.0. The maximum atomic E-state index is 12.0. The molecular weight excluding hydrogens is 284 g/mol. The van der Waals surface area contributed by atoms with E-state index in [0.717, 1.165) is 18.5 Å². The monoisotopic (exact) mass is 308 g/mol. The van der Waals surface area contributed by atoms with E-state index < -0.39 is 0 Å². The zero-order valence-corrected chi connectivity index (χ0v) is 13.0. The minimum absolute atomic E-state index is 0.0495. The molecule has 2 rings (SSSR count). The summed E-state index contributed by atoms with van der Waals surface area (Å²) in [6.45, 7) is 3.96. The van der Waals surface area contributed by atoms with Crippen molar-refractivity contribution in [3.63, 3.8) is 0 Å². The van der Waals surface area contributed by atoms with Crippen LogP contribution in [0.4, 0.5) is 0 Å². The third kappa shape index (κ3) is 4.18. The molecule has 0 radical (unpaired) electrons. The van der Waals surface area contributed by atoms with Crippen LogP contribution in [0.5, 0.6) is 0 Å². The number of aryl methyl sites for hydroxylation is 1. The predicted octanol–water partition coefficient (Wildman–Crippen LogP) is 0.452. The van der Waals surface area contributed by atoms with Gasteiger partial charge in [0.25, 0.3) is 5.56 Å². The molecule has 0 spiro atoms. The Bertz CT molecular complexity index is 562. The second kappa shape index (κ2) is 7.56. The Labute approximate surface area is 130 Å². The van der Waals surface area contributed by atoms with Gasteiger partial charge in [0.1, 0.15) is 0 Å². The highest BCUT2D eigenvalue weighted by Crippen LogP contribution is 2.28. The lowest BCUT2D eigenvalue weighted by atomic mass is 9.81. The number of amides is 1. The van der Waals surface area contributed by atoms with Gasteiger partial charge >= 0.3 is 0 Å². The second-order valence-electron chi connectivity index (χ2n) is 5.95. The summed E-state index contributed by atoms with van der Waals surface area (Å²) in [7, 11) is 0. The van der Waals surface area contributed by atoms with Gasteiger partial charge in [-0.05, 0) is 25.8 Å². The number of aromatic nitrogens is 1. The molecule has 1 saturated heterocycles. The van der Waals surface area contributed by atoms with Crippen LogP contribution in [0.3, 0.4) is 0 Å². The van der Waals surface area contributed by atoms with Crippen molar-refractivity contribution in [1.29, 1.82) is 0 Å². The number of rotatable bonds is 6. The molecule has 1 amide bonds. The molecule has 1 aromatic rings. The lowest BCUT2D eigenvalue weighted by Crippen LogP contribution is -2.44. The van der Waals surface area contributed by atoms with Gasteiger partial charge in [0, 0.05) is 49.9 Å². The molecule has 22 heavy (non-hydrogen) atoms. The largest absolute Gasteiger partial charge is 0.396 e. The molecule has 0 aliphatic carbocycles. The number of hydrogen-bond donors (Lipinski definition) is 2. The molecule has 1 aromatic heterocycles. The Morgan fingerprint density at radius 3 is 2.77 bits per heavy atom. The van der Waals surface area contributed by atoms with E-state index in [1.165, 1.54) is 6.07 Å². The van der Waals surface area contributed by atoms with Crippen molar-refractivity contribution in [1.82, 2.24) is 9.88 Å². The van der Waals surface area contributed by atoms with Crippen LogP contribution in [0, 0.1) is 12.3 Å². The van der Waals surface area contributed by atoms with Crippen molar-refractivity contribution in [2.75, 3.05) is 26.4 Å². The van der Waals surface area contributed by atoms with E-state index in [4.69, 9.17) is 4.74 Å². The van der Waals surface area contributed by atoms with Crippen LogP contribution in [-0.2, 0) is 16.1 Å². The number of pyridine rings is 1. The fourth-order valence-electron chi connectivity index (χ4n) is 2.69. The third-order valence-electron chi connectivity index (χ3n) is 4.38. The Balaban J connectivity index is 1.84. The maximum absolute atomic E-state index is 12.0. The van der Waals surface area contributed by atoms with Gasteiger partial charge in [-0.1, -0.05) is 6.07 Å². The van der Waals surface area contributed by atoms with Crippen LogP contribution >= 0.6 is 0 Å². The summed E-state index contributed by atoms with van der Waals surface area (Å²) < 4.78 is 6.90. The van der Waals surface area contributed by atoms with Crippen molar-refractivity contribution in [3.05, 3.63) is 34.2 Å². The first-order valence-electron chi connectivity index (χ1n) is 7.68. The molecule has 1 fully saturated rings. The van der Waals surface area contributed by atoms with Gasteiger partial charge < -0.3 is 19.7 Å². The summed E-state index contributed by atoms with van der Waals surface area (Å²) in [6, 6.07) is 5.06. The second-order valence-corrected chi connectivity index (χ2v) is 5.95. The first-order valence-corrected chi connectivity index (χ1v) is 7.68. The molecule has 6 heteroatoms. The topological polar surface area (TPSA) is 80.6 Å². The lowest BCUT2D eigenvalue weighted by molar-refractivity contribution is -0.122. The van der Waals surface area contributed by atoms with Gasteiger partial charge in [0.15, 0.2) is 0 Å². The van der Waals surface area contributed by atoms with Crippen molar-refractivity contribution in [3.8, 4) is 0 Å². The summed E-state index contributed by atoms with van der Waals surface area (Å²) in [5.41, 5.74) is 0.480. The number of aliphatic hydroxyl groups is 1. The van der Waals surface area contributed by atoms with E-state index >= 15 is 0 Å². The van der Waals surface area contributed by atoms with E-state index in [2.05, 4.69) is 5.32 Å². The molecule has 0 aromatic carbocycles. The standard InChI is InChI=1S/C16H24N2O4/c1-13-3-2-4-15(21)18(13)8-5-14(20)17-11-16(12-19)6-9-22-10-7-16/h2-4,19H,5-12H2,1H3,(H,17,20). The Morgan fingerprint density at radius 1 is 1.41 bits per heavy atom. The van der Waals surface area contributed by atoms with Crippen LogP contribution in [0.15, 0.2) is 23.0 Å². The fourth-order valence-corrected chi connectivity index (χ4v) is 2.69. The summed E-state index contributed by atoms with van der Waals surface area (Å²) >= 11 is 0. The molecule has 2 heterocycles. The van der Waals surface area contributed by atoms with E-state index in [1.54, 1.807) is 10.6 Å². The highest BCUT2D eigenvalue weighted by atomic mass is 16.5. The summed E-state index contributed by atoms with van der Waals surface area (Å²) in [5, 5.41) is 12.5. The van der Waals surface area contributed by atoms with Crippen LogP contribution in [-0.4, -0.2) is 41.9 Å². The number of nitrogens with zero attached hydrogens (tertiary/aromatic N) is 1. The smallest absolute Gasteiger partial charge is 0.250 e. The van der Waals surface area contributed by atoms with Crippen molar-refractivity contribution in [2.45, 2.75) is 32.7 Å². The lowest BCUT2D eigenvalue weighted by Gasteiger charge is -2.35. The van der Waals surface area contributed by atoms with Crippen LogP contribution < -0.4 is 10.9 Å². The number of nitrogens with one attached hydrogen (secondary N) is 1. The van der Waals surface area contributed by atoms with Crippen LogP contribution in [0.25, 0.3) is 0 Å². The van der Waals surface area contributed by atoms with E-state index in [1.807, 2.05) is 13.0 Å².